The monoisotopic (exact) mass is 328 g/mol. The summed E-state index contributed by atoms with van der Waals surface area (Å²) in [5.41, 5.74) is 1.32. The molecule has 0 radical (unpaired) electrons. The van der Waals surface area contributed by atoms with Gasteiger partial charge in [-0.25, -0.2) is 4.79 Å². The van der Waals surface area contributed by atoms with Crippen molar-refractivity contribution < 1.29 is 14.7 Å². The van der Waals surface area contributed by atoms with E-state index in [1.165, 1.54) is 6.20 Å². The van der Waals surface area contributed by atoms with Crippen molar-refractivity contribution in [1.29, 1.82) is 0 Å². The minimum Gasteiger partial charge on any atom is -0.478 e. The average Bonchev–Trinajstić information content (AvgIpc) is 3.11. The molecule has 24 heavy (non-hydrogen) atoms. The molecule has 0 saturated carbocycles. The van der Waals surface area contributed by atoms with Crippen molar-refractivity contribution in [2.24, 2.45) is 0 Å². The Hall–Kier alpha value is -2.70. The van der Waals surface area contributed by atoms with E-state index in [1.807, 2.05) is 17.0 Å². The third-order valence-electron chi connectivity index (χ3n) is 4.42. The van der Waals surface area contributed by atoms with Gasteiger partial charge in [0.15, 0.2) is 0 Å². The first-order valence-corrected chi connectivity index (χ1v) is 8.07. The van der Waals surface area contributed by atoms with E-state index >= 15 is 0 Å². The maximum atomic E-state index is 12.3. The standard InChI is InChI=1S/C17H20N4O3/c22-16(2-1-13-3-7-18-8-4-13)20-9-5-15(6-10-20)21-12-14(11-19-21)17(23)24/h3-4,7-8,11-12,15H,1-2,5-6,9-10H2,(H,23,24). The lowest BCUT2D eigenvalue weighted by molar-refractivity contribution is -0.132. The number of aromatic nitrogens is 3. The number of amides is 1. The molecule has 2 aromatic heterocycles. The molecule has 1 saturated heterocycles. The van der Waals surface area contributed by atoms with E-state index in [0.29, 0.717) is 19.5 Å². The number of nitrogens with zero attached hydrogens (tertiary/aromatic N) is 4. The van der Waals surface area contributed by atoms with Crippen molar-refractivity contribution in [2.75, 3.05) is 13.1 Å². The maximum absolute atomic E-state index is 12.3. The summed E-state index contributed by atoms with van der Waals surface area (Å²) < 4.78 is 1.71. The van der Waals surface area contributed by atoms with Crippen LogP contribution in [0.5, 0.6) is 0 Å². The lowest BCUT2D eigenvalue weighted by atomic mass is 10.0. The summed E-state index contributed by atoms with van der Waals surface area (Å²) >= 11 is 0. The molecule has 3 heterocycles. The van der Waals surface area contributed by atoms with Gasteiger partial charge in [0, 0.05) is 38.1 Å². The molecule has 1 fully saturated rings. The summed E-state index contributed by atoms with van der Waals surface area (Å²) in [4.78, 5) is 29.1. The van der Waals surface area contributed by atoms with Gasteiger partial charge in [-0.3, -0.25) is 14.5 Å². The number of carboxylic acids is 1. The van der Waals surface area contributed by atoms with Gasteiger partial charge in [0.1, 0.15) is 0 Å². The molecule has 0 aliphatic carbocycles. The molecular formula is C17H20N4O3. The minimum absolute atomic E-state index is 0.155. The van der Waals surface area contributed by atoms with Crippen molar-refractivity contribution in [3.05, 3.63) is 48.0 Å². The highest BCUT2D eigenvalue weighted by Gasteiger charge is 2.24. The number of carbonyl (C=O) groups is 2. The van der Waals surface area contributed by atoms with Crippen LogP contribution >= 0.6 is 0 Å². The number of aromatic carboxylic acids is 1. The number of piperidine rings is 1. The molecule has 7 heteroatoms. The van der Waals surface area contributed by atoms with Gasteiger partial charge in [0.05, 0.1) is 17.8 Å². The van der Waals surface area contributed by atoms with E-state index in [-0.39, 0.29) is 17.5 Å². The van der Waals surface area contributed by atoms with E-state index in [1.54, 1.807) is 23.3 Å². The minimum atomic E-state index is -0.968. The fraction of sp³-hybridized carbons (Fsp3) is 0.412. The zero-order valence-electron chi connectivity index (χ0n) is 13.3. The first-order chi connectivity index (χ1) is 11.6. The third-order valence-corrected chi connectivity index (χ3v) is 4.42. The molecule has 1 N–H and O–H groups in total. The highest BCUT2D eigenvalue weighted by atomic mass is 16.4. The van der Waals surface area contributed by atoms with Gasteiger partial charge in [-0.15, -0.1) is 0 Å². The number of carbonyl (C=O) groups excluding carboxylic acids is 1. The normalized spacial score (nSPS) is 15.4. The molecule has 2 aromatic rings. The average molecular weight is 328 g/mol. The molecule has 0 bridgehead atoms. The summed E-state index contributed by atoms with van der Waals surface area (Å²) in [6.45, 7) is 1.37. The number of aryl methyl sites for hydroxylation is 1. The van der Waals surface area contributed by atoms with E-state index in [0.717, 1.165) is 24.8 Å². The van der Waals surface area contributed by atoms with Crippen LogP contribution in [0.2, 0.25) is 0 Å². The Balaban J connectivity index is 1.49. The summed E-state index contributed by atoms with van der Waals surface area (Å²) in [6, 6.07) is 4.01. The molecular weight excluding hydrogens is 308 g/mol. The van der Waals surface area contributed by atoms with Crippen LogP contribution in [-0.2, 0) is 11.2 Å². The zero-order chi connectivity index (χ0) is 16.9. The molecule has 0 unspecified atom stereocenters. The van der Waals surface area contributed by atoms with Crippen LogP contribution in [0.25, 0.3) is 0 Å². The van der Waals surface area contributed by atoms with E-state index < -0.39 is 5.97 Å². The van der Waals surface area contributed by atoms with Crippen LogP contribution in [-0.4, -0.2) is 49.7 Å². The van der Waals surface area contributed by atoms with Gasteiger partial charge in [-0.2, -0.15) is 5.10 Å². The Morgan fingerprint density at radius 3 is 2.54 bits per heavy atom. The predicted octanol–water partition coefficient (Wildman–Crippen LogP) is 1.77. The molecule has 1 amide bonds. The molecule has 7 nitrogen and oxygen atoms in total. The van der Waals surface area contributed by atoms with Crippen molar-refractivity contribution >= 4 is 11.9 Å². The number of pyridine rings is 1. The van der Waals surface area contributed by atoms with Gasteiger partial charge in [0.2, 0.25) is 5.91 Å². The van der Waals surface area contributed by atoms with Crippen molar-refractivity contribution in [3.63, 3.8) is 0 Å². The van der Waals surface area contributed by atoms with Crippen LogP contribution in [0.15, 0.2) is 36.9 Å². The first kappa shape index (κ1) is 16.2. The van der Waals surface area contributed by atoms with E-state index in [2.05, 4.69) is 10.1 Å². The van der Waals surface area contributed by atoms with Gasteiger partial charge >= 0.3 is 5.97 Å². The fourth-order valence-electron chi connectivity index (χ4n) is 2.99. The van der Waals surface area contributed by atoms with Crippen molar-refractivity contribution in [1.82, 2.24) is 19.7 Å². The van der Waals surface area contributed by atoms with Crippen LogP contribution in [0.1, 0.15) is 41.2 Å². The summed E-state index contributed by atoms with van der Waals surface area (Å²) in [5.74, 6) is -0.804. The second-order valence-corrected chi connectivity index (χ2v) is 5.98. The number of likely N-dealkylation sites (tertiary alicyclic amines) is 1. The molecule has 1 aliphatic rings. The number of hydrogen-bond donors (Lipinski definition) is 1. The van der Waals surface area contributed by atoms with Gasteiger partial charge in [-0.1, -0.05) is 0 Å². The molecule has 1 aliphatic heterocycles. The Morgan fingerprint density at radius 2 is 1.92 bits per heavy atom. The number of rotatable bonds is 5. The topological polar surface area (TPSA) is 88.3 Å². The summed E-state index contributed by atoms with van der Waals surface area (Å²) in [7, 11) is 0. The van der Waals surface area contributed by atoms with Crippen molar-refractivity contribution in [2.45, 2.75) is 31.7 Å². The smallest absolute Gasteiger partial charge is 0.338 e. The molecule has 0 atom stereocenters. The Labute approximate surface area is 139 Å². The quantitative estimate of drug-likeness (QED) is 0.904. The predicted molar refractivity (Wildman–Crippen MR) is 86.6 cm³/mol. The number of carboxylic acid groups (broad SMARTS) is 1. The number of hydrogen-bond acceptors (Lipinski definition) is 4. The highest BCUT2D eigenvalue weighted by molar-refractivity contribution is 5.86. The summed E-state index contributed by atoms with van der Waals surface area (Å²) in [5, 5.41) is 13.1. The van der Waals surface area contributed by atoms with Crippen molar-refractivity contribution in [3.8, 4) is 0 Å². The van der Waals surface area contributed by atoms with E-state index in [9.17, 15) is 9.59 Å². The maximum Gasteiger partial charge on any atom is 0.338 e. The largest absolute Gasteiger partial charge is 0.478 e. The van der Waals surface area contributed by atoms with Crippen LogP contribution in [0.3, 0.4) is 0 Å². The van der Waals surface area contributed by atoms with Gasteiger partial charge in [-0.05, 0) is 37.0 Å². The Bertz CT molecular complexity index is 706. The molecule has 126 valence electrons. The van der Waals surface area contributed by atoms with Crippen LogP contribution in [0.4, 0.5) is 0 Å². The summed E-state index contributed by atoms with van der Waals surface area (Å²) in [6.07, 6.45) is 9.22. The Kier molecular flexibility index (Phi) is 4.88. The van der Waals surface area contributed by atoms with Crippen LogP contribution < -0.4 is 0 Å². The SMILES string of the molecule is O=C(O)c1cnn(C2CCN(C(=O)CCc3ccncc3)CC2)c1. The Morgan fingerprint density at radius 1 is 1.21 bits per heavy atom. The van der Waals surface area contributed by atoms with Gasteiger partial charge < -0.3 is 10.0 Å². The molecule has 3 rings (SSSR count). The highest BCUT2D eigenvalue weighted by Crippen LogP contribution is 2.22. The lowest BCUT2D eigenvalue weighted by Gasteiger charge is -2.32. The molecule has 0 spiro atoms. The van der Waals surface area contributed by atoms with Crippen LogP contribution in [0, 0.1) is 0 Å². The zero-order valence-corrected chi connectivity index (χ0v) is 13.3. The second-order valence-electron chi connectivity index (χ2n) is 5.98. The lowest BCUT2D eigenvalue weighted by Crippen LogP contribution is -2.39. The van der Waals surface area contributed by atoms with Gasteiger partial charge in [0.25, 0.3) is 0 Å². The third kappa shape index (κ3) is 3.79. The molecule has 0 aromatic carbocycles. The first-order valence-electron chi connectivity index (χ1n) is 8.07. The second kappa shape index (κ2) is 7.25. The van der Waals surface area contributed by atoms with E-state index in [4.69, 9.17) is 5.11 Å². The fourth-order valence-corrected chi connectivity index (χ4v) is 2.99.